The summed E-state index contributed by atoms with van der Waals surface area (Å²) in [6, 6.07) is 6.24. The number of halogens is 2. The largest absolute Gasteiger partial charge is 0.455 e. The molecule has 0 fully saturated rings. The molecule has 0 spiro atoms. The quantitative estimate of drug-likeness (QED) is 0.853. The number of benzene rings is 1. The van der Waals surface area contributed by atoms with Crippen molar-refractivity contribution in [3.8, 4) is 0 Å². The molecule has 2 aromatic rings. The van der Waals surface area contributed by atoms with Crippen molar-refractivity contribution in [2.75, 3.05) is 11.9 Å². The van der Waals surface area contributed by atoms with Gasteiger partial charge >= 0.3 is 5.97 Å². The Morgan fingerprint density at radius 3 is 2.76 bits per heavy atom. The van der Waals surface area contributed by atoms with Crippen molar-refractivity contribution in [1.29, 1.82) is 0 Å². The zero-order valence-electron chi connectivity index (χ0n) is 10.6. The molecule has 1 heterocycles. The predicted molar refractivity (Wildman–Crippen MR) is 76.3 cm³/mol. The van der Waals surface area contributed by atoms with Crippen LogP contribution in [0.3, 0.4) is 0 Å². The van der Waals surface area contributed by atoms with Crippen LogP contribution >= 0.6 is 23.2 Å². The molecular formula is C13H10Cl2N2O4. The number of amides is 1. The molecule has 1 amide bonds. The molecule has 0 atom stereocenters. The summed E-state index contributed by atoms with van der Waals surface area (Å²) in [6.07, 6.45) is 1.26. The van der Waals surface area contributed by atoms with Crippen LogP contribution in [0.1, 0.15) is 5.56 Å². The first kappa shape index (κ1) is 15.3. The Morgan fingerprint density at radius 1 is 1.29 bits per heavy atom. The Morgan fingerprint density at radius 2 is 2.10 bits per heavy atom. The van der Waals surface area contributed by atoms with E-state index >= 15 is 0 Å². The Hall–Kier alpha value is -2.05. The second-order valence-corrected chi connectivity index (χ2v) is 4.85. The molecule has 0 aliphatic carbocycles. The minimum absolute atomic E-state index is 0.0484. The molecule has 0 saturated heterocycles. The van der Waals surface area contributed by atoms with E-state index in [0.29, 0.717) is 15.6 Å². The van der Waals surface area contributed by atoms with E-state index in [0.717, 1.165) is 0 Å². The van der Waals surface area contributed by atoms with Crippen LogP contribution in [-0.4, -0.2) is 23.6 Å². The normalized spacial score (nSPS) is 10.2. The summed E-state index contributed by atoms with van der Waals surface area (Å²) >= 11 is 11.7. The summed E-state index contributed by atoms with van der Waals surface area (Å²) in [7, 11) is 0. The number of aromatic nitrogens is 1. The Balaban J connectivity index is 1.80. The van der Waals surface area contributed by atoms with Crippen molar-refractivity contribution < 1.29 is 18.8 Å². The Bertz CT molecular complexity index is 644. The molecule has 8 heteroatoms. The third kappa shape index (κ3) is 4.77. The molecule has 6 nitrogen and oxygen atoms in total. The van der Waals surface area contributed by atoms with Gasteiger partial charge in [-0.1, -0.05) is 34.4 Å². The van der Waals surface area contributed by atoms with Crippen molar-refractivity contribution in [2.45, 2.75) is 6.42 Å². The third-order valence-corrected chi connectivity index (χ3v) is 3.01. The van der Waals surface area contributed by atoms with Crippen LogP contribution in [0.2, 0.25) is 10.0 Å². The minimum atomic E-state index is -0.575. The zero-order chi connectivity index (χ0) is 15.2. The average molecular weight is 329 g/mol. The Kier molecular flexibility index (Phi) is 5.19. The summed E-state index contributed by atoms with van der Waals surface area (Å²) in [5.41, 5.74) is 0.572. The van der Waals surface area contributed by atoms with Crippen molar-refractivity contribution >= 4 is 40.9 Å². The first-order chi connectivity index (χ1) is 10.0. The molecular weight excluding hydrogens is 319 g/mol. The van der Waals surface area contributed by atoms with Crippen LogP contribution in [0.15, 0.2) is 35.1 Å². The molecule has 0 radical (unpaired) electrons. The topological polar surface area (TPSA) is 81.4 Å². The summed E-state index contributed by atoms with van der Waals surface area (Å²) in [5.74, 6) is -0.842. The highest BCUT2D eigenvalue weighted by Crippen LogP contribution is 2.21. The number of hydrogen-bond donors (Lipinski definition) is 1. The number of hydrogen-bond acceptors (Lipinski definition) is 5. The summed E-state index contributed by atoms with van der Waals surface area (Å²) in [6.45, 7) is -0.420. The molecule has 21 heavy (non-hydrogen) atoms. The summed E-state index contributed by atoms with van der Waals surface area (Å²) in [4.78, 5) is 23.1. The third-order valence-electron chi connectivity index (χ3n) is 2.42. The van der Waals surface area contributed by atoms with Gasteiger partial charge in [0.15, 0.2) is 12.4 Å². The number of carbonyl (C=O) groups excluding carboxylic acids is 2. The number of anilines is 1. The van der Waals surface area contributed by atoms with Crippen molar-refractivity contribution in [1.82, 2.24) is 5.16 Å². The lowest BCUT2D eigenvalue weighted by atomic mass is 10.1. The fourth-order valence-corrected chi connectivity index (χ4v) is 1.95. The fraction of sp³-hybridized carbons (Fsp3) is 0.154. The lowest BCUT2D eigenvalue weighted by molar-refractivity contribution is -0.146. The first-order valence-corrected chi connectivity index (χ1v) is 6.60. The number of nitrogens with one attached hydrogen (secondary N) is 1. The van der Waals surface area contributed by atoms with Crippen molar-refractivity contribution in [3.05, 3.63) is 46.1 Å². The van der Waals surface area contributed by atoms with Crippen molar-refractivity contribution in [3.63, 3.8) is 0 Å². The highest BCUT2D eigenvalue weighted by molar-refractivity contribution is 6.35. The van der Waals surface area contributed by atoms with E-state index < -0.39 is 18.5 Å². The van der Waals surface area contributed by atoms with Gasteiger partial charge in [0.05, 0.1) is 6.42 Å². The minimum Gasteiger partial charge on any atom is -0.455 e. The van der Waals surface area contributed by atoms with Crippen LogP contribution in [-0.2, 0) is 20.7 Å². The first-order valence-electron chi connectivity index (χ1n) is 5.84. The maximum absolute atomic E-state index is 11.6. The van der Waals surface area contributed by atoms with Gasteiger partial charge < -0.3 is 14.6 Å². The number of ether oxygens (including phenoxy) is 1. The number of carbonyl (C=O) groups is 2. The van der Waals surface area contributed by atoms with E-state index in [9.17, 15) is 9.59 Å². The Labute approximate surface area is 130 Å². The molecule has 110 valence electrons. The molecule has 0 saturated carbocycles. The second kappa shape index (κ2) is 7.10. The van der Waals surface area contributed by atoms with E-state index in [1.165, 1.54) is 18.4 Å². The molecule has 1 N–H and O–H groups in total. The molecule has 0 aliphatic heterocycles. The zero-order valence-corrected chi connectivity index (χ0v) is 12.1. The second-order valence-electron chi connectivity index (χ2n) is 4.01. The van der Waals surface area contributed by atoms with Gasteiger partial charge in [-0.05, 0) is 17.7 Å². The molecule has 2 rings (SSSR count). The van der Waals surface area contributed by atoms with Gasteiger partial charge in [-0.2, -0.15) is 0 Å². The molecule has 0 bridgehead atoms. The van der Waals surface area contributed by atoms with Gasteiger partial charge in [-0.15, -0.1) is 0 Å². The number of esters is 1. The fourth-order valence-electron chi connectivity index (χ4n) is 1.47. The maximum Gasteiger partial charge on any atom is 0.310 e. The van der Waals surface area contributed by atoms with E-state index in [1.807, 2.05) is 0 Å². The van der Waals surface area contributed by atoms with E-state index in [1.54, 1.807) is 12.1 Å². The standard InChI is InChI=1S/C13H10Cl2N2O4/c14-9-2-1-8(10(15)6-9)5-13(19)20-7-12(18)16-11-3-4-21-17-11/h1-4,6H,5,7H2,(H,16,17,18). The predicted octanol–water partition coefficient (Wildman–Crippen LogP) is 2.71. The monoisotopic (exact) mass is 328 g/mol. The van der Waals surface area contributed by atoms with E-state index in [2.05, 4.69) is 15.0 Å². The lowest BCUT2D eigenvalue weighted by Gasteiger charge is -2.06. The van der Waals surface area contributed by atoms with Gasteiger partial charge in [0.2, 0.25) is 0 Å². The van der Waals surface area contributed by atoms with E-state index in [4.69, 9.17) is 27.9 Å². The van der Waals surface area contributed by atoms with Gasteiger partial charge in [0.1, 0.15) is 6.26 Å². The lowest BCUT2D eigenvalue weighted by Crippen LogP contribution is -2.21. The van der Waals surface area contributed by atoms with Crippen LogP contribution in [0.5, 0.6) is 0 Å². The van der Waals surface area contributed by atoms with Crippen LogP contribution in [0.4, 0.5) is 5.82 Å². The summed E-state index contributed by atoms with van der Waals surface area (Å²) in [5, 5.41) is 6.73. The average Bonchev–Trinajstić information content (AvgIpc) is 2.92. The van der Waals surface area contributed by atoms with Gasteiger partial charge in [-0.25, -0.2) is 0 Å². The van der Waals surface area contributed by atoms with Crippen LogP contribution in [0, 0.1) is 0 Å². The van der Waals surface area contributed by atoms with Crippen LogP contribution < -0.4 is 5.32 Å². The molecule has 0 unspecified atom stereocenters. The smallest absolute Gasteiger partial charge is 0.310 e. The van der Waals surface area contributed by atoms with E-state index in [-0.39, 0.29) is 12.2 Å². The highest BCUT2D eigenvalue weighted by atomic mass is 35.5. The summed E-state index contributed by atoms with van der Waals surface area (Å²) < 4.78 is 9.39. The van der Waals surface area contributed by atoms with Gasteiger partial charge in [-0.3, -0.25) is 9.59 Å². The maximum atomic E-state index is 11.6. The van der Waals surface area contributed by atoms with Crippen LogP contribution in [0.25, 0.3) is 0 Å². The SMILES string of the molecule is O=C(COC(=O)Cc1ccc(Cl)cc1Cl)Nc1ccon1. The molecule has 1 aromatic heterocycles. The number of nitrogens with zero attached hydrogens (tertiary/aromatic N) is 1. The number of rotatable bonds is 5. The molecule has 0 aliphatic rings. The van der Waals surface area contributed by atoms with Gasteiger partial charge in [0, 0.05) is 16.1 Å². The van der Waals surface area contributed by atoms with Gasteiger partial charge in [0.25, 0.3) is 5.91 Å². The van der Waals surface area contributed by atoms with Crippen molar-refractivity contribution in [2.24, 2.45) is 0 Å². The molecule has 1 aromatic carbocycles. The highest BCUT2D eigenvalue weighted by Gasteiger charge is 2.12.